The van der Waals surface area contributed by atoms with Gasteiger partial charge in [-0.3, -0.25) is 0 Å². The Kier molecular flexibility index (Phi) is 16.6. The Morgan fingerprint density at radius 2 is 1.18 bits per heavy atom. The molecule has 0 aliphatic heterocycles. The molecule has 0 spiro atoms. The lowest BCUT2D eigenvalue weighted by Crippen LogP contribution is -2.26. The van der Waals surface area contributed by atoms with Crippen molar-refractivity contribution in [1.29, 1.82) is 0 Å². The highest BCUT2D eigenvalue weighted by molar-refractivity contribution is 7.99. The molecule has 38 heavy (non-hydrogen) atoms. The maximum absolute atomic E-state index is 12.5. The minimum absolute atomic E-state index is 0.373. The molecule has 0 unspecified atom stereocenters. The summed E-state index contributed by atoms with van der Waals surface area (Å²) >= 11 is 1.92. The Balaban J connectivity index is 1.70. The van der Waals surface area contributed by atoms with Crippen LogP contribution < -0.4 is 0 Å². The average molecular weight is 541 g/mol. The van der Waals surface area contributed by atoms with E-state index in [1.807, 2.05) is 23.9 Å². The summed E-state index contributed by atoms with van der Waals surface area (Å²) in [7, 11) is 0. The van der Waals surface area contributed by atoms with E-state index in [0.29, 0.717) is 12.2 Å². The molecule has 0 bridgehead atoms. The molecular weight excluding hydrogens is 492 g/mol. The molecule has 0 heterocycles. The fraction of sp³-hybridized carbons (Fsp3) is 0.576. The van der Waals surface area contributed by atoms with Crippen LogP contribution in [0.4, 0.5) is 0 Å². The fourth-order valence-electron chi connectivity index (χ4n) is 4.24. The van der Waals surface area contributed by atoms with Crippen molar-refractivity contribution in [3.8, 4) is 11.1 Å². The Bertz CT molecular complexity index is 908. The first-order valence-corrected chi connectivity index (χ1v) is 15.7. The molecule has 0 aliphatic rings. The molecule has 2 aromatic rings. The molecule has 0 aliphatic carbocycles. The zero-order chi connectivity index (χ0) is 27.4. The second-order valence-corrected chi connectivity index (χ2v) is 11.2. The van der Waals surface area contributed by atoms with Gasteiger partial charge in [-0.15, -0.1) is 11.8 Å². The first-order valence-electron chi connectivity index (χ1n) is 14.8. The van der Waals surface area contributed by atoms with E-state index in [4.69, 9.17) is 9.47 Å². The number of benzene rings is 2. The first kappa shape index (κ1) is 31.9. The minimum atomic E-state index is -0.923. The van der Waals surface area contributed by atoms with Crippen LogP contribution in [0.2, 0.25) is 0 Å². The molecule has 2 aromatic carbocycles. The van der Waals surface area contributed by atoms with E-state index in [1.165, 1.54) is 69.1 Å². The van der Waals surface area contributed by atoms with Crippen molar-refractivity contribution in [3.05, 3.63) is 54.1 Å². The summed E-state index contributed by atoms with van der Waals surface area (Å²) in [6.07, 6.45) is 15.2. The van der Waals surface area contributed by atoms with Crippen LogP contribution in [0.15, 0.2) is 53.4 Å². The van der Waals surface area contributed by atoms with Gasteiger partial charge in [-0.05, 0) is 60.9 Å². The third-order valence-electron chi connectivity index (χ3n) is 6.68. The molecule has 2 rings (SSSR count). The number of esters is 2. The standard InChI is InChI=1S/C33H48O4S/c1-4-6-8-10-12-14-16-26-38-31-23-21-29(22-24-31)28-17-19-30(20-18-28)33(35)37-27(3)32(34)36-25-15-13-11-9-7-5-2/h17-24,27H,4-16,25-26H2,1-3H3/t27-/m0/s1. The van der Waals surface area contributed by atoms with Crippen LogP contribution >= 0.6 is 11.8 Å². The third kappa shape index (κ3) is 13.0. The normalized spacial score (nSPS) is 11.8. The fourth-order valence-corrected chi connectivity index (χ4v) is 5.15. The maximum Gasteiger partial charge on any atom is 0.347 e. The van der Waals surface area contributed by atoms with E-state index >= 15 is 0 Å². The molecule has 0 N–H and O–H groups in total. The number of ether oxygens (including phenoxy) is 2. The van der Waals surface area contributed by atoms with Gasteiger partial charge in [0, 0.05) is 4.90 Å². The predicted molar refractivity (Wildman–Crippen MR) is 160 cm³/mol. The zero-order valence-electron chi connectivity index (χ0n) is 23.8. The molecule has 1 atom stereocenters. The van der Waals surface area contributed by atoms with Crippen LogP contribution in [0.1, 0.15) is 115 Å². The summed E-state index contributed by atoms with van der Waals surface area (Å²) < 4.78 is 10.6. The summed E-state index contributed by atoms with van der Waals surface area (Å²) in [6, 6.07) is 15.9. The minimum Gasteiger partial charge on any atom is -0.463 e. The van der Waals surface area contributed by atoms with Crippen LogP contribution in [0.3, 0.4) is 0 Å². The van der Waals surface area contributed by atoms with Crippen LogP contribution in [0.5, 0.6) is 0 Å². The highest BCUT2D eigenvalue weighted by Crippen LogP contribution is 2.26. The molecule has 0 saturated carbocycles. The number of hydrogen-bond acceptors (Lipinski definition) is 5. The molecule has 0 radical (unpaired) electrons. The van der Waals surface area contributed by atoms with Gasteiger partial charge in [0.05, 0.1) is 12.2 Å². The lowest BCUT2D eigenvalue weighted by atomic mass is 10.0. The number of carbonyl (C=O) groups excluding carboxylic acids is 2. The van der Waals surface area contributed by atoms with E-state index in [-0.39, 0.29) is 0 Å². The first-order chi connectivity index (χ1) is 18.5. The van der Waals surface area contributed by atoms with Crippen LogP contribution in [0.25, 0.3) is 11.1 Å². The van der Waals surface area contributed by atoms with Crippen molar-refractivity contribution >= 4 is 23.7 Å². The molecule has 4 nitrogen and oxygen atoms in total. The molecule has 0 aromatic heterocycles. The highest BCUT2D eigenvalue weighted by atomic mass is 32.2. The van der Waals surface area contributed by atoms with Crippen LogP contribution in [-0.2, 0) is 14.3 Å². The lowest BCUT2D eigenvalue weighted by Gasteiger charge is -2.13. The van der Waals surface area contributed by atoms with Crippen molar-refractivity contribution in [2.75, 3.05) is 12.4 Å². The second kappa shape index (κ2) is 19.7. The van der Waals surface area contributed by atoms with Crippen LogP contribution in [-0.4, -0.2) is 30.4 Å². The number of hydrogen-bond donors (Lipinski definition) is 0. The lowest BCUT2D eigenvalue weighted by molar-refractivity contribution is -0.153. The van der Waals surface area contributed by atoms with Crippen LogP contribution in [0, 0.1) is 0 Å². The van der Waals surface area contributed by atoms with E-state index in [1.54, 1.807) is 19.1 Å². The van der Waals surface area contributed by atoms with Gasteiger partial charge >= 0.3 is 11.9 Å². The van der Waals surface area contributed by atoms with Crippen molar-refractivity contribution in [3.63, 3.8) is 0 Å². The van der Waals surface area contributed by atoms with E-state index in [9.17, 15) is 9.59 Å². The summed E-state index contributed by atoms with van der Waals surface area (Å²) in [6.45, 7) is 6.38. The van der Waals surface area contributed by atoms with Crippen molar-refractivity contribution < 1.29 is 19.1 Å². The Morgan fingerprint density at radius 3 is 1.76 bits per heavy atom. The summed E-state index contributed by atoms with van der Waals surface area (Å²) in [5, 5.41) is 0. The SMILES string of the molecule is CCCCCCCCCSc1ccc(-c2ccc(C(=O)O[C@@H](C)C(=O)OCCCCCCCC)cc2)cc1. The smallest absolute Gasteiger partial charge is 0.347 e. The van der Waals surface area contributed by atoms with Gasteiger partial charge in [0.15, 0.2) is 6.10 Å². The van der Waals surface area contributed by atoms with E-state index in [2.05, 4.69) is 38.1 Å². The Labute approximate surface area is 235 Å². The summed E-state index contributed by atoms with van der Waals surface area (Å²) in [5.41, 5.74) is 2.57. The Morgan fingerprint density at radius 1 is 0.684 bits per heavy atom. The number of carbonyl (C=O) groups is 2. The van der Waals surface area contributed by atoms with Gasteiger partial charge in [0.2, 0.25) is 0 Å². The maximum atomic E-state index is 12.5. The predicted octanol–water partition coefficient (Wildman–Crippen LogP) is 9.65. The number of thioether (sulfide) groups is 1. The zero-order valence-corrected chi connectivity index (χ0v) is 24.7. The Hall–Kier alpha value is -2.27. The largest absolute Gasteiger partial charge is 0.463 e. The number of unbranched alkanes of at least 4 members (excludes halogenated alkanes) is 11. The number of rotatable bonds is 20. The second-order valence-electron chi connectivity index (χ2n) is 10.1. The molecule has 0 saturated heterocycles. The van der Waals surface area contributed by atoms with E-state index in [0.717, 1.165) is 36.1 Å². The van der Waals surface area contributed by atoms with Gasteiger partial charge in [-0.2, -0.15) is 0 Å². The summed E-state index contributed by atoms with van der Waals surface area (Å²) in [5.74, 6) is 0.153. The molecular formula is C33H48O4S. The quantitative estimate of drug-likeness (QED) is 0.0950. The third-order valence-corrected chi connectivity index (χ3v) is 7.78. The monoisotopic (exact) mass is 540 g/mol. The van der Waals surface area contributed by atoms with Gasteiger partial charge in [-0.1, -0.05) is 109 Å². The van der Waals surface area contributed by atoms with Crippen molar-refractivity contribution in [2.24, 2.45) is 0 Å². The average Bonchev–Trinajstić information content (AvgIpc) is 2.94. The van der Waals surface area contributed by atoms with Gasteiger partial charge in [0.1, 0.15) is 0 Å². The van der Waals surface area contributed by atoms with E-state index < -0.39 is 18.0 Å². The molecule has 0 amide bonds. The molecule has 5 heteroatoms. The van der Waals surface area contributed by atoms with Crippen molar-refractivity contribution in [2.45, 2.75) is 115 Å². The van der Waals surface area contributed by atoms with Crippen molar-refractivity contribution in [1.82, 2.24) is 0 Å². The molecule has 0 fully saturated rings. The van der Waals surface area contributed by atoms with Gasteiger partial charge < -0.3 is 9.47 Å². The molecule has 210 valence electrons. The highest BCUT2D eigenvalue weighted by Gasteiger charge is 2.20. The summed E-state index contributed by atoms with van der Waals surface area (Å²) in [4.78, 5) is 26.0. The van der Waals surface area contributed by atoms with Gasteiger partial charge in [-0.25, -0.2) is 9.59 Å². The van der Waals surface area contributed by atoms with Gasteiger partial charge in [0.25, 0.3) is 0 Å². The topological polar surface area (TPSA) is 52.6 Å².